The van der Waals surface area contributed by atoms with Crippen molar-refractivity contribution < 1.29 is 13.0 Å². The molecule has 0 bridgehead atoms. The molecule has 0 saturated heterocycles. The van der Waals surface area contributed by atoms with E-state index in [0.29, 0.717) is 5.69 Å². The molecule has 17 heavy (non-hydrogen) atoms. The first-order chi connectivity index (χ1) is 7.63. The molecule has 5 heteroatoms. The Morgan fingerprint density at radius 3 is 2.35 bits per heavy atom. The van der Waals surface area contributed by atoms with Gasteiger partial charge in [0.2, 0.25) is 0 Å². The second kappa shape index (κ2) is 3.31. The molecule has 0 aliphatic carbocycles. The van der Waals surface area contributed by atoms with Gasteiger partial charge in [0.05, 0.1) is 7.05 Å². The van der Waals surface area contributed by atoms with Crippen LogP contribution in [0.25, 0.3) is 0 Å². The van der Waals surface area contributed by atoms with Crippen molar-refractivity contribution >= 4 is 16.0 Å². The molecule has 94 valence electrons. The third-order valence-electron chi connectivity index (χ3n) is 4.34. The van der Waals surface area contributed by atoms with E-state index in [1.54, 1.807) is 19.2 Å². The van der Waals surface area contributed by atoms with Gasteiger partial charge in [-0.25, -0.2) is 4.55 Å². The van der Waals surface area contributed by atoms with Gasteiger partial charge in [-0.2, -0.15) is 3.89 Å². The second-order valence-electron chi connectivity index (χ2n) is 5.35. The molecule has 2 rings (SSSR count). The van der Waals surface area contributed by atoms with Crippen molar-refractivity contribution in [1.82, 2.24) is 3.89 Å². The average molecular weight is 256 g/mol. The molecular weight excluding hydrogens is 238 g/mol. The van der Waals surface area contributed by atoms with Crippen LogP contribution in [0.1, 0.15) is 26.3 Å². The van der Waals surface area contributed by atoms with Crippen LogP contribution in [0.4, 0.5) is 5.69 Å². The predicted octanol–water partition coefficient (Wildman–Crippen LogP) is 2.11. The van der Waals surface area contributed by atoms with Gasteiger partial charge in [0.1, 0.15) is 6.04 Å². The fourth-order valence-electron chi connectivity index (χ4n) is 2.78. The summed E-state index contributed by atoms with van der Waals surface area (Å²) in [5.74, 6) is 0. The molecule has 1 aromatic rings. The van der Waals surface area contributed by atoms with Gasteiger partial charge in [-0.3, -0.25) is 0 Å². The molecule has 0 radical (unpaired) electrons. The summed E-state index contributed by atoms with van der Waals surface area (Å²) < 4.78 is 32.6. The second-order valence-corrected chi connectivity index (χ2v) is 7.01. The highest BCUT2D eigenvalue weighted by molar-refractivity contribution is 7.85. The number of nitrogens with zero attached hydrogens (tertiary/aromatic N) is 1. The largest absolute Gasteiger partial charge is 0.437 e. The summed E-state index contributed by atoms with van der Waals surface area (Å²) in [4.78, 5) is 0. The Kier molecular flexibility index (Phi) is 2.44. The Morgan fingerprint density at radius 1 is 1.29 bits per heavy atom. The maximum absolute atomic E-state index is 11.7. The molecule has 0 amide bonds. The lowest BCUT2D eigenvalue weighted by atomic mass is 9.81. The van der Waals surface area contributed by atoms with Crippen LogP contribution in [0.2, 0.25) is 0 Å². The monoisotopic (exact) mass is 256 g/mol. The SMILES string of the molecule is CC1C(C)(C)c2ccccc2[N+]1(C)S(=O)(=O)O. The quantitative estimate of drug-likeness (QED) is 0.618. The van der Waals surface area contributed by atoms with Crippen LogP contribution in [0.15, 0.2) is 24.3 Å². The Labute approximate surface area is 102 Å². The summed E-state index contributed by atoms with van der Waals surface area (Å²) in [6, 6.07) is 7.16. The lowest BCUT2D eigenvalue weighted by Gasteiger charge is -2.33. The van der Waals surface area contributed by atoms with Gasteiger partial charge >= 0.3 is 10.3 Å². The molecule has 4 nitrogen and oxygen atoms in total. The lowest BCUT2D eigenvalue weighted by molar-refractivity contribution is 0.286. The maximum atomic E-state index is 11.7. The summed E-state index contributed by atoms with van der Waals surface area (Å²) in [5, 5.41) is 0. The standard InChI is InChI=1S/C12H17NO3S/c1-9-12(2,3)10-7-5-6-8-11(10)13(9,4)17(14,15)16/h5-9H,1-4H3/p+1. The normalized spacial score (nSPS) is 31.2. The van der Waals surface area contributed by atoms with Crippen molar-refractivity contribution in [3.8, 4) is 0 Å². The molecule has 1 aliphatic heterocycles. The average Bonchev–Trinajstić information content (AvgIpc) is 2.39. The van der Waals surface area contributed by atoms with E-state index in [-0.39, 0.29) is 11.5 Å². The summed E-state index contributed by atoms with van der Waals surface area (Å²) >= 11 is 0. The highest BCUT2D eigenvalue weighted by Crippen LogP contribution is 2.50. The van der Waals surface area contributed by atoms with E-state index in [1.165, 1.54) is 0 Å². The Hall–Kier alpha value is -0.910. The van der Waals surface area contributed by atoms with Gasteiger partial charge in [-0.05, 0) is 20.8 Å². The Morgan fingerprint density at radius 2 is 1.82 bits per heavy atom. The number of para-hydroxylation sites is 1. The molecule has 0 saturated carbocycles. The van der Waals surface area contributed by atoms with Crippen molar-refractivity contribution in [2.24, 2.45) is 0 Å². The fourth-order valence-corrected chi connectivity index (χ4v) is 3.85. The number of hydrogen-bond acceptors (Lipinski definition) is 2. The van der Waals surface area contributed by atoms with Gasteiger partial charge in [0.15, 0.2) is 5.69 Å². The van der Waals surface area contributed by atoms with Gasteiger partial charge in [-0.15, -0.1) is 8.42 Å². The molecule has 2 unspecified atom stereocenters. The zero-order chi connectivity index (χ0) is 13.1. The highest BCUT2D eigenvalue weighted by atomic mass is 32.2. The van der Waals surface area contributed by atoms with E-state index < -0.39 is 14.2 Å². The van der Waals surface area contributed by atoms with Crippen molar-refractivity contribution in [3.63, 3.8) is 0 Å². The van der Waals surface area contributed by atoms with Crippen LogP contribution in [-0.2, 0) is 15.7 Å². The van der Waals surface area contributed by atoms with E-state index in [4.69, 9.17) is 0 Å². The summed E-state index contributed by atoms with van der Waals surface area (Å²) in [7, 11) is -2.65. The van der Waals surface area contributed by atoms with Crippen LogP contribution in [0.5, 0.6) is 0 Å². The number of hydrogen-bond donors (Lipinski definition) is 1. The number of rotatable bonds is 1. The third-order valence-corrected chi connectivity index (χ3v) is 5.81. The van der Waals surface area contributed by atoms with E-state index >= 15 is 0 Å². The summed E-state index contributed by atoms with van der Waals surface area (Å²) in [6.07, 6.45) is 0. The molecule has 0 aromatic heterocycles. The predicted molar refractivity (Wildman–Crippen MR) is 68.2 cm³/mol. The van der Waals surface area contributed by atoms with Crippen LogP contribution in [0, 0.1) is 0 Å². The first-order valence-corrected chi connectivity index (χ1v) is 6.97. The summed E-state index contributed by atoms with van der Waals surface area (Å²) in [6.45, 7) is 5.87. The molecule has 1 aliphatic rings. The topological polar surface area (TPSA) is 54.4 Å². The highest BCUT2D eigenvalue weighted by Gasteiger charge is 2.59. The third kappa shape index (κ3) is 1.39. The molecule has 2 atom stereocenters. The number of likely N-dealkylation sites (N-methyl/N-ethyl adjacent to an activating group) is 1. The maximum Gasteiger partial charge on any atom is 0.437 e. The summed E-state index contributed by atoms with van der Waals surface area (Å²) in [5.41, 5.74) is 1.35. The van der Waals surface area contributed by atoms with Crippen molar-refractivity contribution in [1.29, 1.82) is 0 Å². The van der Waals surface area contributed by atoms with Crippen molar-refractivity contribution in [3.05, 3.63) is 29.8 Å². The van der Waals surface area contributed by atoms with Crippen LogP contribution in [-0.4, -0.2) is 26.1 Å². The van der Waals surface area contributed by atoms with Gasteiger partial charge in [0.25, 0.3) is 0 Å². The Bertz CT molecular complexity index is 565. The van der Waals surface area contributed by atoms with E-state index in [9.17, 15) is 13.0 Å². The zero-order valence-corrected chi connectivity index (χ0v) is 11.3. The molecule has 0 fully saturated rings. The number of fused-ring (bicyclic) bond motifs is 1. The molecule has 1 N–H and O–H groups in total. The zero-order valence-electron chi connectivity index (χ0n) is 10.5. The minimum Gasteiger partial charge on any atom is -0.241 e. The Balaban J connectivity index is 2.83. The fraction of sp³-hybridized carbons (Fsp3) is 0.500. The lowest BCUT2D eigenvalue weighted by Crippen LogP contribution is -2.57. The van der Waals surface area contributed by atoms with E-state index in [2.05, 4.69) is 0 Å². The minimum absolute atomic E-state index is 0.241. The number of benzene rings is 1. The first kappa shape index (κ1) is 12.5. The first-order valence-electron chi connectivity index (χ1n) is 5.57. The van der Waals surface area contributed by atoms with Crippen LogP contribution in [0.3, 0.4) is 0 Å². The molecular formula is C12H18NO3S+. The van der Waals surface area contributed by atoms with Crippen LogP contribution >= 0.6 is 0 Å². The number of quaternary nitrogens is 1. The van der Waals surface area contributed by atoms with E-state index in [1.807, 2.05) is 32.9 Å². The van der Waals surface area contributed by atoms with Gasteiger partial charge in [0, 0.05) is 17.0 Å². The van der Waals surface area contributed by atoms with Crippen molar-refractivity contribution in [2.45, 2.75) is 32.2 Å². The van der Waals surface area contributed by atoms with Crippen LogP contribution < -0.4 is 3.89 Å². The smallest absolute Gasteiger partial charge is 0.241 e. The molecule has 0 spiro atoms. The molecule has 1 aromatic carbocycles. The van der Waals surface area contributed by atoms with Crippen molar-refractivity contribution in [2.75, 3.05) is 7.05 Å². The molecule has 1 heterocycles. The minimum atomic E-state index is -4.20. The van der Waals surface area contributed by atoms with Gasteiger partial charge < -0.3 is 0 Å². The van der Waals surface area contributed by atoms with Gasteiger partial charge in [-0.1, -0.05) is 18.2 Å². The van der Waals surface area contributed by atoms with E-state index in [0.717, 1.165) is 5.56 Å².